The van der Waals surface area contributed by atoms with Gasteiger partial charge in [0.1, 0.15) is 0 Å². The van der Waals surface area contributed by atoms with Gasteiger partial charge < -0.3 is 5.32 Å². The number of hydrogen-bond acceptors (Lipinski definition) is 1. The van der Waals surface area contributed by atoms with Gasteiger partial charge in [-0.25, -0.2) is 0 Å². The molecule has 0 bridgehead atoms. The van der Waals surface area contributed by atoms with E-state index in [0.29, 0.717) is 5.02 Å². The van der Waals surface area contributed by atoms with E-state index in [1.54, 1.807) is 0 Å². The van der Waals surface area contributed by atoms with E-state index in [2.05, 4.69) is 50.4 Å². The lowest BCUT2D eigenvalue weighted by atomic mass is 9.86. The first-order chi connectivity index (χ1) is 9.82. The van der Waals surface area contributed by atoms with Crippen LogP contribution in [0.4, 0.5) is 0 Å². The summed E-state index contributed by atoms with van der Waals surface area (Å²) in [5.74, 6) is 0. The predicted octanol–water partition coefficient (Wildman–Crippen LogP) is 5.60. The number of rotatable bonds is 3. The van der Waals surface area contributed by atoms with Gasteiger partial charge in [0, 0.05) is 10.0 Å². The summed E-state index contributed by atoms with van der Waals surface area (Å²) in [6.07, 6.45) is 0. The van der Waals surface area contributed by atoms with Crippen LogP contribution in [0.15, 0.2) is 42.5 Å². The van der Waals surface area contributed by atoms with Crippen LogP contribution < -0.4 is 5.32 Å². The largest absolute Gasteiger partial charge is 0.309 e. The average Bonchev–Trinajstić information content (AvgIpc) is 2.43. The summed E-state index contributed by atoms with van der Waals surface area (Å²) in [5.41, 5.74) is 3.64. The smallest absolute Gasteiger partial charge is 0.0589 e. The Morgan fingerprint density at radius 1 is 0.952 bits per heavy atom. The van der Waals surface area contributed by atoms with Crippen molar-refractivity contribution in [3.8, 4) is 0 Å². The van der Waals surface area contributed by atoms with E-state index in [0.717, 1.165) is 10.6 Å². The minimum absolute atomic E-state index is 0.0326. The molecule has 2 aromatic carbocycles. The first kappa shape index (κ1) is 16.4. The van der Waals surface area contributed by atoms with E-state index >= 15 is 0 Å². The fraction of sp³-hybridized carbons (Fsp3) is 0.333. The summed E-state index contributed by atoms with van der Waals surface area (Å²) < 4.78 is 0. The average molecular weight is 322 g/mol. The van der Waals surface area contributed by atoms with E-state index in [1.165, 1.54) is 11.1 Å². The molecule has 1 nitrogen and oxygen atoms in total. The fourth-order valence-corrected chi connectivity index (χ4v) is 2.82. The minimum atomic E-state index is 0.0326. The molecule has 0 fully saturated rings. The van der Waals surface area contributed by atoms with Crippen LogP contribution >= 0.6 is 23.2 Å². The van der Waals surface area contributed by atoms with Gasteiger partial charge in [0.05, 0.1) is 6.04 Å². The monoisotopic (exact) mass is 321 g/mol. The molecule has 0 heterocycles. The third-order valence-corrected chi connectivity index (χ3v) is 4.25. The van der Waals surface area contributed by atoms with Crippen molar-refractivity contribution in [1.29, 1.82) is 0 Å². The molecule has 0 aliphatic heterocycles. The first-order valence-corrected chi connectivity index (χ1v) is 7.81. The van der Waals surface area contributed by atoms with Gasteiger partial charge in [-0.3, -0.25) is 0 Å². The lowest BCUT2D eigenvalue weighted by molar-refractivity contribution is 0.589. The van der Waals surface area contributed by atoms with Crippen molar-refractivity contribution in [3.05, 3.63) is 69.2 Å². The standard InChI is InChI=1S/C18H21Cl2N/c1-18(2,3)13-7-5-12(6-8-13)17(21-4)15-11-14(19)9-10-16(15)20/h5-11,17,21H,1-4H3. The van der Waals surface area contributed by atoms with Gasteiger partial charge in [-0.2, -0.15) is 0 Å². The Balaban J connectivity index is 2.40. The molecule has 0 aliphatic carbocycles. The van der Waals surface area contributed by atoms with Crippen LogP contribution in [0.3, 0.4) is 0 Å². The number of benzene rings is 2. The Kier molecular flexibility index (Phi) is 4.98. The van der Waals surface area contributed by atoms with Crippen LogP contribution in [0.25, 0.3) is 0 Å². The maximum atomic E-state index is 6.32. The predicted molar refractivity (Wildman–Crippen MR) is 92.5 cm³/mol. The van der Waals surface area contributed by atoms with Gasteiger partial charge in [0.25, 0.3) is 0 Å². The molecule has 1 unspecified atom stereocenters. The van der Waals surface area contributed by atoms with Gasteiger partial charge >= 0.3 is 0 Å². The molecular formula is C18H21Cl2N. The summed E-state index contributed by atoms with van der Waals surface area (Å²) in [6.45, 7) is 6.64. The highest BCUT2D eigenvalue weighted by Gasteiger charge is 2.18. The molecule has 1 atom stereocenters. The van der Waals surface area contributed by atoms with Crippen molar-refractivity contribution in [2.75, 3.05) is 7.05 Å². The van der Waals surface area contributed by atoms with E-state index in [-0.39, 0.29) is 11.5 Å². The molecule has 0 radical (unpaired) electrons. The van der Waals surface area contributed by atoms with Crippen molar-refractivity contribution in [1.82, 2.24) is 5.32 Å². The van der Waals surface area contributed by atoms with Gasteiger partial charge in [-0.05, 0) is 47.4 Å². The molecule has 0 spiro atoms. The van der Waals surface area contributed by atoms with Crippen LogP contribution in [0.2, 0.25) is 10.0 Å². The third-order valence-electron chi connectivity index (χ3n) is 3.67. The second kappa shape index (κ2) is 6.39. The quantitative estimate of drug-likeness (QED) is 0.775. The molecule has 2 rings (SSSR count). The summed E-state index contributed by atoms with van der Waals surface area (Å²) in [6, 6.07) is 14.3. The fourth-order valence-electron chi connectivity index (χ4n) is 2.41. The summed E-state index contributed by atoms with van der Waals surface area (Å²) in [5, 5.41) is 4.73. The molecule has 0 amide bonds. The summed E-state index contributed by atoms with van der Waals surface area (Å²) >= 11 is 12.4. The van der Waals surface area contributed by atoms with Gasteiger partial charge in [0.15, 0.2) is 0 Å². The Hall–Kier alpha value is -1.02. The Morgan fingerprint density at radius 3 is 2.10 bits per heavy atom. The first-order valence-electron chi connectivity index (χ1n) is 7.05. The third kappa shape index (κ3) is 3.79. The minimum Gasteiger partial charge on any atom is -0.309 e. The van der Waals surface area contributed by atoms with E-state index < -0.39 is 0 Å². The van der Waals surface area contributed by atoms with Crippen LogP contribution in [0.5, 0.6) is 0 Å². The molecule has 2 aromatic rings. The Morgan fingerprint density at radius 2 is 1.57 bits per heavy atom. The van der Waals surface area contributed by atoms with E-state index in [9.17, 15) is 0 Å². The highest BCUT2D eigenvalue weighted by Crippen LogP contribution is 2.31. The SMILES string of the molecule is CNC(c1ccc(C(C)(C)C)cc1)c1cc(Cl)ccc1Cl. The van der Waals surface area contributed by atoms with Crippen LogP contribution in [-0.2, 0) is 5.41 Å². The van der Waals surface area contributed by atoms with E-state index in [4.69, 9.17) is 23.2 Å². The zero-order valence-electron chi connectivity index (χ0n) is 12.9. The van der Waals surface area contributed by atoms with Gasteiger partial charge in [-0.1, -0.05) is 68.2 Å². The lowest BCUT2D eigenvalue weighted by Gasteiger charge is -2.22. The molecule has 112 valence electrons. The molecule has 21 heavy (non-hydrogen) atoms. The summed E-state index contributed by atoms with van der Waals surface area (Å²) in [4.78, 5) is 0. The number of nitrogens with one attached hydrogen (secondary N) is 1. The van der Waals surface area contributed by atoms with Crippen molar-refractivity contribution in [2.45, 2.75) is 32.2 Å². The highest BCUT2D eigenvalue weighted by atomic mass is 35.5. The second-order valence-electron chi connectivity index (χ2n) is 6.26. The molecule has 0 saturated heterocycles. The van der Waals surface area contributed by atoms with Crippen molar-refractivity contribution in [2.24, 2.45) is 0 Å². The van der Waals surface area contributed by atoms with Crippen molar-refractivity contribution >= 4 is 23.2 Å². The molecule has 1 N–H and O–H groups in total. The van der Waals surface area contributed by atoms with Crippen LogP contribution in [0.1, 0.15) is 43.5 Å². The van der Waals surface area contributed by atoms with Crippen molar-refractivity contribution in [3.63, 3.8) is 0 Å². The molecule has 0 saturated carbocycles. The van der Waals surface area contributed by atoms with Crippen molar-refractivity contribution < 1.29 is 0 Å². The Bertz CT molecular complexity index is 612. The Labute approximate surface area is 137 Å². The van der Waals surface area contributed by atoms with Crippen LogP contribution in [0, 0.1) is 0 Å². The maximum Gasteiger partial charge on any atom is 0.0589 e. The van der Waals surface area contributed by atoms with E-state index in [1.807, 2.05) is 25.2 Å². The molecular weight excluding hydrogens is 301 g/mol. The molecule has 0 aliphatic rings. The second-order valence-corrected chi connectivity index (χ2v) is 7.10. The van der Waals surface area contributed by atoms with Gasteiger partial charge in [0.2, 0.25) is 0 Å². The zero-order valence-corrected chi connectivity index (χ0v) is 14.4. The summed E-state index contributed by atoms with van der Waals surface area (Å²) in [7, 11) is 1.93. The zero-order chi connectivity index (χ0) is 15.6. The molecule has 3 heteroatoms. The lowest BCUT2D eigenvalue weighted by Crippen LogP contribution is -2.18. The van der Waals surface area contributed by atoms with Gasteiger partial charge in [-0.15, -0.1) is 0 Å². The normalized spacial score (nSPS) is 13.2. The topological polar surface area (TPSA) is 12.0 Å². The number of hydrogen-bond donors (Lipinski definition) is 1. The molecule has 0 aromatic heterocycles. The maximum absolute atomic E-state index is 6.32. The van der Waals surface area contributed by atoms with Crippen LogP contribution in [-0.4, -0.2) is 7.05 Å². The highest BCUT2D eigenvalue weighted by molar-refractivity contribution is 6.33. The number of halogens is 2.